The summed E-state index contributed by atoms with van der Waals surface area (Å²) < 4.78 is 15.7. The first kappa shape index (κ1) is 17.3. The van der Waals surface area contributed by atoms with Gasteiger partial charge < -0.3 is 5.32 Å². The molecule has 2 aliphatic rings. The van der Waals surface area contributed by atoms with Crippen LogP contribution in [-0.2, 0) is 4.79 Å². The minimum absolute atomic E-state index is 0.191. The number of nitrogens with one attached hydrogen (secondary N) is 1. The predicted octanol–water partition coefficient (Wildman–Crippen LogP) is 2.97. The van der Waals surface area contributed by atoms with Crippen LogP contribution in [0.15, 0.2) is 28.4 Å². The molecule has 1 aromatic carbocycles. The second kappa shape index (κ2) is 6.87. The standard InChI is InChI=1S/C18H18FN7O/c1-2-3-9-18(22-23-18)10-8-16(27)20-13-6-7-14(19)15(11-13)26-17(12-4-5-12)21-24-25-26/h1,6-7,11-12H,3-5,8-10H2,(H,20,27). The van der Waals surface area contributed by atoms with Crippen LogP contribution in [0, 0.1) is 18.2 Å². The zero-order valence-electron chi connectivity index (χ0n) is 14.6. The van der Waals surface area contributed by atoms with Gasteiger partial charge in [0.2, 0.25) is 5.91 Å². The molecule has 1 aliphatic heterocycles. The first-order valence-corrected chi connectivity index (χ1v) is 8.86. The van der Waals surface area contributed by atoms with Crippen LogP contribution in [0.4, 0.5) is 10.1 Å². The molecular weight excluding hydrogens is 349 g/mol. The average Bonchev–Trinajstić information content (AvgIpc) is 3.60. The van der Waals surface area contributed by atoms with E-state index in [1.807, 2.05) is 0 Å². The number of halogens is 1. The van der Waals surface area contributed by atoms with Crippen LogP contribution < -0.4 is 5.32 Å². The highest BCUT2D eigenvalue weighted by Crippen LogP contribution is 2.39. The molecule has 0 radical (unpaired) electrons. The molecule has 1 aliphatic carbocycles. The maximum atomic E-state index is 14.3. The van der Waals surface area contributed by atoms with E-state index < -0.39 is 11.5 Å². The Labute approximate surface area is 155 Å². The highest BCUT2D eigenvalue weighted by atomic mass is 19.1. The molecule has 1 fully saturated rings. The Morgan fingerprint density at radius 1 is 1.37 bits per heavy atom. The number of rotatable bonds is 8. The number of carbonyl (C=O) groups excluding carboxylic acids is 1. The van der Waals surface area contributed by atoms with Gasteiger partial charge in [0.1, 0.15) is 11.5 Å². The van der Waals surface area contributed by atoms with E-state index in [0.29, 0.717) is 30.8 Å². The fourth-order valence-corrected chi connectivity index (χ4v) is 2.92. The summed E-state index contributed by atoms with van der Waals surface area (Å²) in [6.45, 7) is 0. The molecule has 1 saturated carbocycles. The lowest BCUT2D eigenvalue weighted by atomic mass is 10.0. The van der Waals surface area contributed by atoms with Crippen molar-refractivity contribution in [2.45, 2.75) is 50.1 Å². The van der Waals surface area contributed by atoms with Crippen molar-refractivity contribution in [2.75, 3.05) is 5.32 Å². The summed E-state index contributed by atoms with van der Waals surface area (Å²) in [6.07, 6.45) is 9.24. The lowest BCUT2D eigenvalue weighted by molar-refractivity contribution is -0.116. The third-order valence-corrected chi connectivity index (χ3v) is 4.70. The van der Waals surface area contributed by atoms with Gasteiger partial charge in [0.05, 0.1) is 0 Å². The van der Waals surface area contributed by atoms with Gasteiger partial charge in [-0.1, -0.05) is 0 Å². The number of carbonyl (C=O) groups is 1. The molecule has 1 amide bonds. The Bertz CT molecular complexity index is 935. The molecule has 0 unspecified atom stereocenters. The molecule has 0 atom stereocenters. The van der Waals surface area contributed by atoms with Crippen LogP contribution in [0.1, 0.15) is 50.3 Å². The van der Waals surface area contributed by atoms with Gasteiger partial charge in [-0.25, -0.2) is 4.39 Å². The topological polar surface area (TPSA) is 97.4 Å². The van der Waals surface area contributed by atoms with E-state index in [1.165, 1.54) is 22.9 Å². The summed E-state index contributed by atoms with van der Waals surface area (Å²) in [7, 11) is 0. The van der Waals surface area contributed by atoms with Crippen molar-refractivity contribution in [2.24, 2.45) is 10.2 Å². The lowest BCUT2D eigenvalue weighted by Crippen LogP contribution is -2.18. The van der Waals surface area contributed by atoms with E-state index in [9.17, 15) is 9.18 Å². The van der Waals surface area contributed by atoms with Gasteiger partial charge in [-0.05, 0) is 41.5 Å². The molecule has 0 spiro atoms. The van der Waals surface area contributed by atoms with Crippen LogP contribution in [0.25, 0.3) is 5.69 Å². The van der Waals surface area contributed by atoms with Crippen molar-refractivity contribution >= 4 is 11.6 Å². The monoisotopic (exact) mass is 367 g/mol. The number of hydrogen-bond acceptors (Lipinski definition) is 6. The molecule has 9 heteroatoms. The van der Waals surface area contributed by atoms with E-state index >= 15 is 0 Å². The molecule has 1 aromatic heterocycles. The minimum atomic E-state index is -0.497. The predicted molar refractivity (Wildman–Crippen MR) is 94.6 cm³/mol. The number of benzene rings is 1. The Kier molecular flexibility index (Phi) is 4.39. The van der Waals surface area contributed by atoms with Crippen LogP contribution in [-0.4, -0.2) is 31.8 Å². The summed E-state index contributed by atoms with van der Waals surface area (Å²) in [4.78, 5) is 12.3. The van der Waals surface area contributed by atoms with E-state index in [-0.39, 0.29) is 23.9 Å². The molecule has 8 nitrogen and oxygen atoms in total. The second-order valence-corrected chi connectivity index (χ2v) is 6.82. The van der Waals surface area contributed by atoms with E-state index in [2.05, 4.69) is 37.0 Å². The zero-order chi connectivity index (χ0) is 18.9. The number of nitrogens with zero attached hydrogens (tertiary/aromatic N) is 6. The van der Waals surface area contributed by atoms with Crippen LogP contribution in [0.3, 0.4) is 0 Å². The average molecular weight is 367 g/mol. The van der Waals surface area contributed by atoms with Crippen LogP contribution >= 0.6 is 0 Å². The number of hydrogen-bond donors (Lipinski definition) is 1. The first-order valence-electron chi connectivity index (χ1n) is 8.86. The quantitative estimate of drug-likeness (QED) is 0.725. The highest BCUT2D eigenvalue weighted by Gasteiger charge is 2.39. The lowest BCUT2D eigenvalue weighted by Gasteiger charge is -2.11. The smallest absolute Gasteiger partial charge is 0.224 e. The molecule has 0 bridgehead atoms. The SMILES string of the molecule is C#CCCC1(CCC(=O)Nc2ccc(F)c(-n3nnnc3C3CC3)c2)N=N1. The van der Waals surface area contributed by atoms with Gasteiger partial charge in [0.25, 0.3) is 0 Å². The van der Waals surface area contributed by atoms with Gasteiger partial charge in [0, 0.05) is 37.3 Å². The van der Waals surface area contributed by atoms with Crippen molar-refractivity contribution in [3.8, 4) is 18.0 Å². The van der Waals surface area contributed by atoms with Crippen molar-refractivity contribution in [1.82, 2.24) is 20.2 Å². The fraction of sp³-hybridized carbons (Fsp3) is 0.444. The van der Waals surface area contributed by atoms with Gasteiger partial charge in [-0.2, -0.15) is 14.9 Å². The largest absolute Gasteiger partial charge is 0.326 e. The van der Waals surface area contributed by atoms with Crippen molar-refractivity contribution in [3.05, 3.63) is 29.8 Å². The van der Waals surface area contributed by atoms with Gasteiger partial charge in [-0.3, -0.25) is 4.79 Å². The number of amides is 1. The third-order valence-electron chi connectivity index (χ3n) is 4.70. The summed E-state index contributed by atoms with van der Waals surface area (Å²) in [5, 5.41) is 22.4. The van der Waals surface area contributed by atoms with Crippen molar-refractivity contribution < 1.29 is 9.18 Å². The first-order chi connectivity index (χ1) is 13.1. The van der Waals surface area contributed by atoms with E-state index in [4.69, 9.17) is 6.42 Å². The second-order valence-electron chi connectivity index (χ2n) is 6.82. The molecule has 138 valence electrons. The van der Waals surface area contributed by atoms with Gasteiger partial charge in [0.15, 0.2) is 11.5 Å². The minimum Gasteiger partial charge on any atom is -0.326 e. The molecule has 4 rings (SSSR count). The fourth-order valence-electron chi connectivity index (χ4n) is 2.92. The Morgan fingerprint density at radius 2 is 2.19 bits per heavy atom. The number of terminal acetylenes is 1. The number of aromatic nitrogens is 4. The van der Waals surface area contributed by atoms with Crippen molar-refractivity contribution in [3.63, 3.8) is 0 Å². The molecular formula is C18H18FN7O. The zero-order valence-corrected chi connectivity index (χ0v) is 14.6. The molecule has 2 heterocycles. The van der Waals surface area contributed by atoms with Crippen molar-refractivity contribution in [1.29, 1.82) is 0 Å². The number of anilines is 1. The molecule has 27 heavy (non-hydrogen) atoms. The molecule has 2 aromatic rings. The Balaban J connectivity index is 1.42. The summed E-state index contributed by atoms with van der Waals surface area (Å²) in [5.41, 5.74) is 0.205. The summed E-state index contributed by atoms with van der Waals surface area (Å²) >= 11 is 0. The normalized spacial score (nSPS) is 16.7. The highest BCUT2D eigenvalue weighted by molar-refractivity contribution is 5.91. The van der Waals surface area contributed by atoms with E-state index in [1.54, 1.807) is 0 Å². The maximum Gasteiger partial charge on any atom is 0.224 e. The molecule has 1 N–H and O–H groups in total. The molecule has 0 saturated heterocycles. The third kappa shape index (κ3) is 3.84. The number of tetrazole rings is 1. The van der Waals surface area contributed by atoms with Crippen LogP contribution in [0.5, 0.6) is 0 Å². The van der Waals surface area contributed by atoms with E-state index in [0.717, 1.165) is 12.8 Å². The summed E-state index contributed by atoms with van der Waals surface area (Å²) in [5.74, 6) is 2.82. The van der Waals surface area contributed by atoms with Gasteiger partial charge >= 0.3 is 0 Å². The Hall–Kier alpha value is -3.15. The maximum absolute atomic E-state index is 14.3. The Morgan fingerprint density at radius 3 is 2.89 bits per heavy atom. The van der Waals surface area contributed by atoms with Gasteiger partial charge in [-0.15, -0.1) is 17.4 Å². The van der Waals surface area contributed by atoms with Crippen LogP contribution in [0.2, 0.25) is 0 Å². The summed E-state index contributed by atoms with van der Waals surface area (Å²) in [6, 6.07) is 4.34.